The van der Waals surface area contributed by atoms with Gasteiger partial charge in [-0.05, 0) is 73.5 Å². The Bertz CT molecular complexity index is 1160. The fraction of sp³-hybridized carbons (Fsp3) is 0.143. The minimum Gasteiger partial charge on any atom is -0.463 e. The van der Waals surface area contributed by atoms with Crippen molar-refractivity contribution in [3.63, 3.8) is 0 Å². The second-order valence-electron chi connectivity index (χ2n) is 6.54. The summed E-state index contributed by atoms with van der Waals surface area (Å²) < 4.78 is 32.7. The molecule has 1 aromatic heterocycles. The highest BCUT2D eigenvalue weighted by molar-refractivity contribution is 7.92. The summed E-state index contributed by atoms with van der Waals surface area (Å²) in [5, 5.41) is 4.21. The van der Waals surface area contributed by atoms with Gasteiger partial charge in [0.25, 0.3) is 15.9 Å². The Kier molecular flexibility index (Phi) is 6.59. The van der Waals surface area contributed by atoms with Crippen LogP contribution in [0.5, 0.6) is 0 Å². The maximum atomic E-state index is 13.3. The SMILES string of the molecule is Cc1ccc(N(CC(=O)N/N=C\c2ccco2)S(=O)(=O)c2ccc(Cl)cc2)cc1C. The molecule has 1 amide bonds. The van der Waals surface area contributed by atoms with Gasteiger partial charge in [0.2, 0.25) is 0 Å². The predicted octanol–water partition coefficient (Wildman–Crippen LogP) is 3.90. The van der Waals surface area contributed by atoms with Crippen LogP contribution < -0.4 is 9.73 Å². The monoisotopic (exact) mass is 445 g/mol. The number of hydrogen-bond acceptors (Lipinski definition) is 5. The van der Waals surface area contributed by atoms with Crippen LogP contribution in [-0.4, -0.2) is 27.1 Å². The highest BCUT2D eigenvalue weighted by Gasteiger charge is 2.27. The minimum atomic E-state index is -4.02. The van der Waals surface area contributed by atoms with Crippen molar-refractivity contribution in [3.8, 4) is 0 Å². The van der Waals surface area contributed by atoms with Gasteiger partial charge in [-0.3, -0.25) is 9.10 Å². The van der Waals surface area contributed by atoms with Crippen molar-refractivity contribution in [1.82, 2.24) is 5.43 Å². The van der Waals surface area contributed by atoms with Gasteiger partial charge in [-0.15, -0.1) is 0 Å². The molecule has 156 valence electrons. The third-order valence-electron chi connectivity index (χ3n) is 4.39. The van der Waals surface area contributed by atoms with E-state index in [1.54, 1.807) is 24.3 Å². The van der Waals surface area contributed by atoms with Gasteiger partial charge in [-0.2, -0.15) is 5.10 Å². The fourth-order valence-electron chi connectivity index (χ4n) is 2.63. The van der Waals surface area contributed by atoms with Gasteiger partial charge in [-0.1, -0.05) is 17.7 Å². The van der Waals surface area contributed by atoms with Crippen molar-refractivity contribution in [3.05, 3.63) is 82.8 Å². The maximum Gasteiger partial charge on any atom is 0.264 e. The normalized spacial score (nSPS) is 11.6. The lowest BCUT2D eigenvalue weighted by molar-refractivity contribution is -0.119. The predicted molar refractivity (Wildman–Crippen MR) is 116 cm³/mol. The highest BCUT2D eigenvalue weighted by Crippen LogP contribution is 2.26. The van der Waals surface area contributed by atoms with Crippen molar-refractivity contribution < 1.29 is 17.6 Å². The number of sulfonamides is 1. The molecule has 0 unspecified atom stereocenters. The Morgan fingerprint density at radius 1 is 1.13 bits per heavy atom. The molecule has 0 aliphatic carbocycles. The highest BCUT2D eigenvalue weighted by atomic mass is 35.5. The van der Waals surface area contributed by atoms with Gasteiger partial charge in [0.1, 0.15) is 12.3 Å². The molecule has 1 N–H and O–H groups in total. The van der Waals surface area contributed by atoms with Crippen LogP contribution in [0, 0.1) is 13.8 Å². The van der Waals surface area contributed by atoms with Crippen molar-refractivity contribution in [2.75, 3.05) is 10.8 Å². The van der Waals surface area contributed by atoms with Crippen molar-refractivity contribution in [2.24, 2.45) is 5.10 Å². The Morgan fingerprint density at radius 2 is 1.87 bits per heavy atom. The number of carbonyl (C=O) groups is 1. The Labute approximate surface area is 180 Å². The molecule has 0 fully saturated rings. The number of rotatable bonds is 7. The number of hydrazone groups is 1. The van der Waals surface area contributed by atoms with E-state index >= 15 is 0 Å². The summed E-state index contributed by atoms with van der Waals surface area (Å²) >= 11 is 5.88. The second-order valence-corrected chi connectivity index (χ2v) is 8.84. The molecule has 0 spiro atoms. The first-order valence-corrected chi connectivity index (χ1v) is 10.8. The number of furan rings is 1. The molecule has 0 saturated carbocycles. The number of hydrogen-bond donors (Lipinski definition) is 1. The number of amides is 1. The standard InChI is InChI=1S/C21H20ClN3O4S/c1-15-5-8-18(12-16(15)2)25(30(27,28)20-9-6-17(22)7-10-20)14-21(26)24-23-13-19-4-3-11-29-19/h3-13H,14H2,1-2H3,(H,24,26)/b23-13-. The molecule has 9 heteroatoms. The molecule has 0 bridgehead atoms. The Hall–Kier alpha value is -3.10. The third kappa shape index (κ3) is 5.08. The van der Waals surface area contributed by atoms with Crippen molar-refractivity contribution in [2.45, 2.75) is 18.7 Å². The van der Waals surface area contributed by atoms with Crippen LogP contribution >= 0.6 is 11.6 Å². The van der Waals surface area contributed by atoms with Gasteiger partial charge in [0.15, 0.2) is 0 Å². The number of nitrogens with zero attached hydrogens (tertiary/aromatic N) is 2. The van der Waals surface area contributed by atoms with Crippen LogP contribution in [0.3, 0.4) is 0 Å². The summed E-state index contributed by atoms with van der Waals surface area (Å²) in [5.74, 6) is -0.149. The maximum absolute atomic E-state index is 13.3. The van der Waals surface area contributed by atoms with Crippen molar-refractivity contribution >= 4 is 39.4 Å². The average Bonchev–Trinajstić information content (AvgIpc) is 3.22. The lowest BCUT2D eigenvalue weighted by atomic mass is 10.1. The van der Waals surface area contributed by atoms with E-state index in [1.807, 2.05) is 19.9 Å². The zero-order valence-corrected chi connectivity index (χ0v) is 17.9. The van der Waals surface area contributed by atoms with E-state index in [-0.39, 0.29) is 4.90 Å². The summed E-state index contributed by atoms with van der Waals surface area (Å²) in [7, 11) is -4.02. The molecule has 30 heavy (non-hydrogen) atoms. The summed E-state index contributed by atoms with van der Waals surface area (Å²) in [5.41, 5.74) is 4.61. The number of benzene rings is 2. The minimum absolute atomic E-state index is 0.0250. The molecular formula is C21H20ClN3O4S. The quantitative estimate of drug-likeness (QED) is 0.441. The number of aryl methyl sites for hydroxylation is 2. The topological polar surface area (TPSA) is 92.0 Å². The average molecular weight is 446 g/mol. The number of halogens is 1. The first-order chi connectivity index (χ1) is 14.3. The van der Waals surface area contributed by atoms with Crippen LogP contribution in [0.1, 0.15) is 16.9 Å². The van der Waals surface area contributed by atoms with Crippen LogP contribution in [0.25, 0.3) is 0 Å². The first kappa shape index (κ1) is 21.6. The molecule has 0 saturated heterocycles. The number of anilines is 1. The first-order valence-electron chi connectivity index (χ1n) is 8.98. The van der Waals surface area contributed by atoms with E-state index in [0.717, 1.165) is 15.4 Å². The van der Waals surface area contributed by atoms with Crippen LogP contribution in [0.2, 0.25) is 5.02 Å². The molecule has 0 radical (unpaired) electrons. The van der Waals surface area contributed by atoms with Gasteiger partial charge in [-0.25, -0.2) is 13.8 Å². The molecule has 1 heterocycles. The number of carbonyl (C=O) groups excluding carboxylic acids is 1. The molecule has 3 rings (SSSR count). The smallest absolute Gasteiger partial charge is 0.264 e. The molecule has 3 aromatic rings. The molecule has 0 aliphatic heterocycles. The third-order valence-corrected chi connectivity index (χ3v) is 6.43. The zero-order chi connectivity index (χ0) is 21.7. The fourth-order valence-corrected chi connectivity index (χ4v) is 4.17. The molecule has 7 nitrogen and oxygen atoms in total. The molecular weight excluding hydrogens is 426 g/mol. The van der Waals surface area contributed by atoms with Crippen LogP contribution in [0.15, 0.2) is 75.3 Å². The summed E-state index contributed by atoms with van der Waals surface area (Å²) in [6.45, 7) is 3.34. The molecule has 0 atom stereocenters. The molecule has 0 aliphatic rings. The molecule has 2 aromatic carbocycles. The summed E-state index contributed by atoms with van der Waals surface area (Å²) in [4.78, 5) is 12.5. The largest absolute Gasteiger partial charge is 0.463 e. The van der Waals surface area contributed by atoms with Crippen LogP contribution in [-0.2, 0) is 14.8 Å². The number of nitrogens with one attached hydrogen (secondary N) is 1. The van der Waals surface area contributed by atoms with Gasteiger partial charge < -0.3 is 4.42 Å². The summed E-state index contributed by atoms with van der Waals surface area (Å²) in [6.07, 6.45) is 2.80. The second kappa shape index (κ2) is 9.15. The van der Waals surface area contributed by atoms with Gasteiger partial charge in [0.05, 0.1) is 23.1 Å². The lowest BCUT2D eigenvalue weighted by Crippen LogP contribution is -2.39. The zero-order valence-electron chi connectivity index (χ0n) is 16.4. The van der Waals surface area contributed by atoms with E-state index < -0.39 is 22.5 Å². The van der Waals surface area contributed by atoms with Crippen LogP contribution in [0.4, 0.5) is 5.69 Å². The van der Waals surface area contributed by atoms with Gasteiger partial charge in [0, 0.05) is 5.02 Å². The Balaban J connectivity index is 1.90. The van der Waals surface area contributed by atoms with E-state index in [0.29, 0.717) is 16.5 Å². The van der Waals surface area contributed by atoms with E-state index in [2.05, 4.69) is 10.5 Å². The summed E-state index contributed by atoms with van der Waals surface area (Å²) in [6, 6.07) is 14.3. The van der Waals surface area contributed by atoms with Crippen molar-refractivity contribution in [1.29, 1.82) is 0 Å². The van der Waals surface area contributed by atoms with Gasteiger partial charge >= 0.3 is 0 Å². The lowest BCUT2D eigenvalue weighted by Gasteiger charge is -2.24. The Morgan fingerprint density at radius 3 is 2.50 bits per heavy atom. The van der Waals surface area contributed by atoms with E-state index in [4.69, 9.17) is 16.0 Å². The van der Waals surface area contributed by atoms with E-state index in [9.17, 15) is 13.2 Å². The van der Waals surface area contributed by atoms with E-state index in [1.165, 1.54) is 36.7 Å².